The van der Waals surface area contributed by atoms with Crippen molar-refractivity contribution in [3.8, 4) is 11.8 Å². The van der Waals surface area contributed by atoms with Crippen LogP contribution in [0.1, 0.15) is 11.1 Å². The van der Waals surface area contributed by atoms with Crippen molar-refractivity contribution in [3.63, 3.8) is 0 Å². The van der Waals surface area contributed by atoms with E-state index in [0.29, 0.717) is 0 Å². The van der Waals surface area contributed by atoms with Gasteiger partial charge < -0.3 is 9.47 Å². The molecule has 0 heterocycles. The van der Waals surface area contributed by atoms with Gasteiger partial charge in [-0.15, -0.1) is 0 Å². The van der Waals surface area contributed by atoms with Crippen LogP contribution < -0.4 is 0 Å². The number of hydrogen-bond donors (Lipinski definition) is 0. The first kappa shape index (κ1) is 22.2. The SMILES string of the molecule is COC(=O)OCC#CCN(C/C=C\c1ccccc1)S(=O)(=O)c1ccc(C)cc1. The summed E-state index contributed by atoms with van der Waals surface area (Å²) in [5, 5.41) is 0. The van der Waals surface area contributed by atoms with Crippen LogP contribution in [0.2, 0.25) is 0 Å². The number of methoxy groups -OCH3 is 1. The average Bonchev–Trinajstić information content (AvgIpc) is 2.73. The fraction of sp³-hybridized carbons (Fsp3) is 0.227. The van der Waals surface area contributed by atoms with Crippen molar-refractivity contribution in [3.05, 3.63) is 71.8 Å². The van der Waals surface area contributed by atoms with E-state index in [1.807, 2.05) is 43.3 Å². The Kier molecular flexibility index (Phi) is 8.46. The molecular weight excluding hydrogens is 390 g/mol. The summed E-state index contributed by atoms with van der Waals surface area (Å²) in [7, 11) is -2.53. The smallest absolute Gasteiger partial charge is 0.438 e. The van der Waals surface area contributed by atoms with E-state index in [9.17, 15) is 13.2 Å². The van der Waals surface area contributed by atoms with E-state index in [1.54, 1.807) is 30.3 Å². The second-order valence-corrected chi connectivity index (χ2v) is 7.96. The van der Waals surface area contributed by atoms with Crippen LogP contribution >= 0.6 is 0 Å². The minimum Gasteiger partial charge on any atom is -0.438 e. The maximum Gasteiger partial charge on any atom is 0.508 e. The van der Waals surface area contributed by atoms with Crippen molar-refractivity contribution in [2.24, 2.45) is 0 Å². The highest BCUT2D eigenvalue weighted by atomic mass is 32.2. The quantitative estimate of drug-likeness (QED) is 0.513. The van der Waals surface area contributed by atoms with Crippen LogP contribution in [0, 0.1) is 18.8 Å². The number of hydrogen-bond acceptors (Lipinski definition) is 5. The number of benzene rings is 2. The predicted molar refractivity (Wildman–Crippen MR) is 112 cm³/mol. The van der Waals surface area contributed by atoms with E-state index in [0.717, 1.165) is 11.1 Å². The van der Waals surface area contributed by atoms with Crippen molar-refractivity contribution < 1.29 is 22.7 Å². The monoisotopic (exact) mass is 413 g/mol. The van der Waals surface area contributed by atoms with E-state index < -0.39 is 16.2 Å². The van der Waals surface area contributed by atoms with Crippen LogP contribution in [0.25, 0.3) is 6.08 Å². The Hall–Kier alpha value is -3.08. The fourth-order valence-corrected chi connectivity index (χ4v) is 3.62. The van der Waals surface area contributed by atoms with Gasteiger partial charge in [0.2, 0.25) is 10.0 Å². The van der Waals surface area contributed by atoms with Gasteiger partial charge in [0.05, 0.1) is 18.6 Å². The molecule has 29 heavy (non-hydrogen) atoms. The lowest BCUT2D eigenvalue weighted by molar-refractivity contribution is 0.0832. The van der Waals surface area contributed by atoms with Crippen molar-refractivity contribution in [1.82, 2.24) is 4.31 Å². The Morgan fingerprint density at radius 1 is 1.07 bits per heavy atom. The standard InChI is InChI=1S/C22H23NO5S/c1-19-12-14-21(15-13-19)29(25,26)23(16-6-7-18-28-22(24)27-2)17-8-11-20-9-4-3-5-10-20/h3-5,8-15H,16-18H2,1-2H3/b11-8-. The molecule has 0 amide bonds. The summed E-state index contributed by atoms with van der Waals surface area (Å²) in [5.41, 5.74) is 1.94. The molecule has 0 aliphatic rings. The Labute approximate surface area is 171 Å². The molecule has 0 radical (unpaired) electrons. The Balaban J connectivity index is 2.15. The van der Waals surface area contributed by atoms with Crippen LogP contribution in [0.15, 0.2) is 65.6 Å². The Bertz CT molecular complexity index is 987. The molecular formula is C22H23NO5S. The lowest BCUT2D eigenvalue weighted by Gasteiger charge is -2.18. The molecule has 0 bridgehead atoms. The van der Waals surface area contributed by atoms with Crippen LogP contribution in [0.4, 0.5) is 4.79 Å². The second-order valence-electron chi connectivity index (χ2n) is 6.02. The van der Waals surface area contributed by atoms with Gasteiger partial charge in [0.15, 0.2) is 6.61 Å². The highest BCUT2D eigenvalue weighted by Gasteiger charge is 2.22. The van der Waals surface area contributed by atoms with Gasteiger partial charge in [-0.05, 0) is 24.6 Å². The second kappa shape index (κ2) is 11.1. The molecule has 152 valence electrons. The lowest BCUT2D eigenvalue weighted by Crippen LogP contribution is -2.31. The first-order chi connectivity index (χ1) is 13.9. The van der Waals surface area contributed by atoms with Crippen LogP contribution in [0.5, 0.6) is 0 Å². The molecule has 0 saturated heterocycles. The number of aryl methyl sites for hydroxylation is 1. The van der Waals surface area contributed by atoms with Gasteiger partial charge in [0, 0.05) is 6.54 Å². The van der Waals surface area contributed by atoms with E-state index in [1.165, 1.54) is 11.4 Å². The molecule has 0 aromatic heterocycles. The van der Waals surface area contributed by atoms with Crippen molar-refractivity contribution in [1.29, 1.82) is 0 Å². The van der Waals surface area contributed by atoms with Crippen molar-refractivity contribution in [2.45, 2.75) is 11.8 Å². The maximum absolute atomic E-state index is 13.0. The normalized spacial score (nSPS) is 11.1. The molecule has 0 spiro atoms. The summed E-state index contributed by atoms with van der Waals surface area (Å²) in [6.45, 7) is 1.83. The number of carbonyl (C=O) groups excluding carboxylic acids is 1. The zero-order valence-corrected chi connectivity index (χ0v) is 17.2. The molecule has 6 nitrogen and oxygen atoms in total. The summed E-state index contributed by atoms with van der Waals surface area (Å²) in [6, 6.07) is 16.2. The van der Waals surface area contributed by atoms with Gasteiger partial charge in [0.1, 0.15) is 0 Å². The molecule has 0 aliphatic heterocycles. The highest BCUT2D eigenvalue weighted by Crippen LogP contribution is 2.16. The van der Waals surface area contributed by atoms with E-state index in [2.05, 4.69) is 21.3 Å². The fourth-order valence-electron chi connectivity index (χ4n) is 2.33. The minimum atomic E-state index is -3.73. The first-order valence-electron chi connectivity index (χ1n) is 8.88. The molecule has 0 saturated carbocycles. The molecule has 2 aromatic rings. The van der Waals surface area contributed by atoms with Gasteiger partial charge in [-0.1, -0.05) is 72.0 Å². The molecule has 2 rings (SSSR count). The first-order valence-corrected chi connectivity index (χ1v) is 10.3. The third kappa shape index (κ3) is 7.11. The number of sulfonamides is 1. The van der Waals surface area contributed by atoms with Crippen molar-refractivity contribution >= 4 is 22.3 Å². The summed E-state index contributed by atoms with van der Waals surface area (Å²) >= 11 is 0. The number of carbonyl (C=O) groups is 1. The molecule has 0 N–H and O–H groups in total. The lowest BCUT2D eigenvalue weighted by atomic mass is 10.2. The summed E-state index contributed by atoms with van der Waals surface area (Å²) < 4.78 is 36.3. The summed E-state index contributed by atoms with van der Waals surface area (Å²) in [5.74, 6) is 5.35. The largest absolute Gasteiger partial charge is 0.508 e. The number of nitrogens with zero attached hydrogens (tertiary/aromatic N) is 1. The van der Waals surface area contributed by atoms with Gasteiger partial charge >= 0.3 is 6.16 Å². The average molecular weight is 413 g/mol. The Morgan fingerprint density at radius 3 is 2.41 bits per heavy atom. The number of rotatable bonds is 7. The summed E-state index contributed by atoms with van der Waals surface area (Å²) in [6.07, 6.45) is 2.79. The molecule has 7 heteroatoms. The summed E-state index contributed by atoms with van der Waals surface area (Å²) in [4.78, 5) is 11.1. The number of ether oxygens (including phenoxy) is 2. The third-order valence-corrected chi connectivity index (χ3v) is 5.71. The molecule has 0 unspecified atom stereocenters. The zero-order chi connectivity index (χ0) is 21.1. The van der Waals surface area contributed by atoms with E-state index >= 15 is 0 Å². The van der Waals surface area contributed by atoms with E-state index in [-0.39, 0.29) is 24.6 Å². The Morgan fingerprint density at radius 2 is 1.76 bits per heavy atom. The molecule has 0 aliphatic carbocycles. The molecule has 2 aromatic carbocycles. The maximum atomic E-state index is 13.0. The highest BCUT2D eigenvalue weighted by molar-refractivity contribution is 7.89. The van der Waals surface area contributed by atoms with Crippen LogP contribution in [0.3, 0.4) is 0 Å². The van der Waals surface area contributed by atoms with E-state index in [4.69, 9.17) is 0 Å². The van der Waals surface area contributed by atoms with Gasteiger partial charge in [-0.2, -0.15) is 4.31 Å². The minimum absolute atomic E-state index is 0.0418. The zero-order valence-electron chi connectivity index (χ0n) is 16.4. The molecule has 0 fully saturated rings. The van der Waals surface area contributed by atoms with Gasteiger partial charge in [-0.25, -0.2) is 13.2 Å². The predicted octanol–water partition coefficient (Wildman–Crippen LogP) is 3.49. The van der Waals surface area contributed by atoms with Gasteiger partial charge in [0.25, 0.3) is 0 Å². The van der Waals surface area contributed by atoms with Crippen LogP contribution in [-0.2, 0) is 19.5 Å². The third-order valence-electron chi connectivity index (χ3n) is 3.89. The van der Waals surface area contributed by atoms with Crippen LogP contribution in [-0.4, -0.2) is 45.7 Å². The van der Waals surface area contributed by atoms with Gasteiger partial charge in [-0.3, -0.25) is 0 Å². The topological polar surface area (TPSA) is 72.9 Å². The van der Waals surface area contributed by atoms with Crippen molar-refractivity contribution in [2.75, 3.05) is 26.8 Å². The molecule has 0 atom stereocenters.